The SMILES string of the molecule is CC(C)(C)c1ccc(N(c2ccc(C(C)(C)C)cc2)c2ccc3c(c2)C2Cc4ccc(C#N)c(C#N)c4C(C3)C2)cc1. The molecular formula is C39H39N3. The lowest BCUT2D eigenvalue weighted by Crippen LogP contribution is -2.26. The molecule has 0 heterocycles. The predicted molar refractivity (Wildman–Crippen MR) is 172 cm³/mol. The van der Waals surface area contributed by atoms with Gasteiger partial charge in [0.15, 0.2) is 0 Å². The second-order valence-electron chi connectivity index (χ2n) is 14.1. The van der Waals surface area contributed by atoms with Gasteiger partial charge in [-0.25, -0.2) is 0 Å². The fourth-order valence-corrected chi connectivity index (χ4v) is 6.97. The van der Waals surface area contributed by atoms with Crippen LogP contribution < -0.4 is 4.90 Å². The molecule has 0 aliphatic heterocycles. The van der Waals surface area contributed by atoms with Gasteiger partial charge in [0.1, 0.15) is 12.1 Å². The van der Waals surface area contributed by atoms with Crippen molar-refractivity contribution in [3.8, 4) is 12.1 Å². The number of hydrogen-bond acceptors (Lipinski definition) is 3. The molecule has 3 nitrogen and oxygen atoms in total. The molecule has 4 aromatic carbocycles. The maximum absolute atomic E-state index is 9.93. The molecular weight excluding hydrogens is 510 g/mol. The summed E-state index contributed by atoms with van der Waals surface area (Å²) >= 11 is 0. The Morgan fingerprint density at radius 1 is 0.619 bits per heavy atom. The van der Waals surface area contributed by atoms with E-state index in [1.54, 1.807) is 0 Å². The van der Waals surface area contributed by atoms with Crippen LogP contribution in [-0.2, 0) is 23.7 Å². The number of fused-ring (bicyclic) bond motifs is 6. The van der Waals surface area contributed by atoms with E-state index in [1.165, 1.54) is 33.5 Å². The first-order chi connectivity index (χ1) is 20.0. The minimum absolute atomic E-state index is 0.0940. The van der Waals surface area contributed by atoms with E-state index >= 15 is 0 Å². The number of benzene rings is 4. The van der Waals surface area contributed by atoms with Crippen molar-refractivity contribution < 1.29 is 0 Å². The zero-order valence-electron chi connectivity index (χ0n) is 25.6. The quantitative estimate of drug-likeness (QED) is 0.255. The van der Waals surface area contributed by atoms with Gasteiger partial charge in [-0.05, 0) is 118 Å². The second kappa shape index (κ2) is 10.2. The Morgan fingerprint density at radius 2 is 1.14 bits per heavy atom. The second-order valence-corrected chi connectivity index (χ2v) is 14.1. The highest BCUT2D eigenvalue weighted by molar-refractivity contribution is 5.77. The topological polar surface area (TPSA) is 50.8 Å². The molecule has 0 aromatic heterocycles. The van der Waals surface area contributed by atoms with Crippen molar-refractivity contribution in [3.05, 3.63) is 123 Å². The maximum Gasteiger partial charge on any atom is 0.101 e. The van der Waals surface area contributed by atoms with Crippen molar-refractivity contribution in [2.24, 2.45) is 0 Å². The van der Waals surface area contributed by atoms with Crippen LogP contribution in [0.3, 0.4) is 0 Å². The largest absolute Gasteiger partial charge is 0.310 e. The molecule has 4 aromatic rings. The molecule has 6 rings (SSSR count). The Balaban J connectivity index is 1.43. The van der Waals surface area contributed by atoms with Gasteiger partial charge in [-0.15, -0.1) is 0 Å². The van der Waals surface area contributed by atoms with E-state index in [0.29, 0.717) is 17.0 Å². The van der Waals surface area contributed by atoms with Gasteiger partial charge in [0.2, 0.25) is 0 Å². The smallest absolute Gasteiger partial charge is 0.101 e. The van der Waals surface area contributed by atoms with Gasteiger partial charge >= 0.3 is 0 Å². The summed E-state index contributed by atoms with van der Waals surface area (Å²) in [4.78, 5) is 2.38. The molecule has 0 radical (unpaired) electrons. The Bertz CT molecular complexity index is 1680. The summed E-state index contributed by atoms with van der Waals surface area (Å²) in [6.07, 6.45) is 2.83. The van der Waals surface area contributed by atoms with E-state index in [2.05, 4.69) is 131 Å². The van der Waals surface area contributed by atoms with Crippen LogP contribution in [0.5, 0.6) is 0 Å². The summed E-state index contributed by atoms with van der Waals surface area (Å²) in [6, 6.07) is 33.5. The van der Waals surface area contributed by atoms with Gasteiger partial charge in [0.25, 0.3) is 0 Å². The minimum Gasteiger partial charge on any atom is -0.310 e. The normalized spacial score (nSPS) is 17.4. The van der Waals surface area contributed by atoms with Crippen LogP contribution in [0, 0.1) is 22.7 Å². The first kappa shape index (κ1) is 27.8. The van der Waals surface area contributed by atoms with Crippen molar-refractivity contribution >= 4 is 17.1 Å². The first-order valence-electron chi connectivity index (χ1n) is 15.1. The summed E-state index contributed by atoms with van der Waals surface area (Å²) in [5, 5.41) is 19.5. The van der Waals surface area contributed by atoms with Crippen LogP contribution in [-0.4, -0.2) is 0 Å². The molecule has 2 atom stereocenters. The molecule has 42 heavy (non-hydrogen) atoms. The van der Waals surface area contributed by atoms with Gasteiger partial charge < -0.3 is 4.90 Å². The number of hydrogen-bond donors (Lipinski definition) is 0. The first-order valence-corrected chi connectivity index (χ1v) is 15.1. The van der Waals surface area contributed by atoms with Crippen LogP contribution >= 0.6 is 0 Å². The van der Waals surface area contributed by atoms with E-state index in [-0.39, 0.29) is 16.7 Å². The molecule has 0 N–H and O–H groups in total. The molecule has 3 heteroatoms. The average Bonchev–Trinajstić information content (AvgIpc) is 2.96. The Hall–Kier alpha value is -4.34. The predicted octanol–water partition coefficient (Wildman–Crippen LogP) is 9.86. The third kappa shape index (κ3) is 4.88. The molecule has 2 unspecified atom stereocenters. The van der Waals surface area contributed by atoms with Crippen LogP contribution in [0.25, 0.3) is 0 Å². The Kier molecular flexibility index (Phi) is 6.74. The molecule has 2 aliphatic rings. The van der Waals surface area contributed by atoms with Gasteiger partial charge in [-0.2, -0.15) is 10.5 Å². The van der Waals surface area contributed by atoms with Crippen LogP contribution in [0.1, 0.15) is 104 Å². The van der Waals surface area contributed by atoms with Crippen molar-refractivity contribution in [3.63, 3.8) is 0 Å². The molecule has 0 saturated heterocycles. The Morgan fingerprint density at radius 3 is 1.67 bits per heavy atom. The van der Waals surface area contributed by atoms with E-state index in [0.717, 1.165) is 36.2 Å². The summed E-state index contributed by atoms with van der Waals surface area (Å²) in [7, 11) is 0. The van der Waals surface area contributed by atoms with Crippen molar-refractivity contribution in [1.29, 1.82) is 10.5 Å². The molecule has 0 amide bonds. The number of nitriles is 2. The van der Waals surface area contributed by atoms with Gasteiger partial charge in [0.05, 0.1) is 11.1 Å². The zero-order chi connectivity index (χ0) is 29.8. The van der Waals surface area contributed by atoms with Gasteiger partial charge in [0, 0.05) is 17.1 Å². The summed E-state index contributed by atoms with van der Waals surface area (Å²) in [5.74, 6) is 0.685. The fraction of sp³-hybridized carbons (Fsp3) is 0.333. The fourth-order valence-electron chi connectivity index (χ4n) is 6.97. The average molecular weight is 550 g/mol. The highest BCUT2D eigenvalue weighted by atomic mass is 15.1. The monoisotopic (exact) mass is 549 g/mol. The Labute approximate surface area is 251 Å². The number of rotatable bonds is 3. The van der Waals surface area contributed by atoms with Crippen molar-refractivity contribution in [1.82, 2.24) is 0 Å². The molecule has 0 spiro atoms. The zero-order valence-corrected chi connectivity index (χ0v) is 25.6. The maximum atomic E-state index is 9.93. The van der Waals surface area contributed by atoms with E-state index in [1.807, 2.05) is 6.07 Å². The molecule has 0 fully saturated rings. The molecule has 210 valence electrons. The van der Waals surface area contributed by atoms with Crippen molar-refractivity contribution in [2.45, 2.75) is 83.5 Å². The van der Waals surface area contributed by atoms with Crippen LogP contribution in [0.15, 0.2) is 78.9 Å². The van der Waals surface area contributed by atoms with E-state index < -0.39 is 0 Å². The summed E-state index contributed by atoms with van der Waals surface area (Å²) in [5.41, 5.74) is 12.5. The van der Waals surface area contributed by atoms with Crippen LogP contribution in [0.2, 0.25) is 0 Å². The lowest BCUT2D eigenvalue weighted by Gasteiger charge is -2.39. The highest BCUT2D eigenvalue weighted by Crippen LogP contribution is 2.50. The lowest BCUT2D eigenvalue weighted by molar-refractivity contribution is 0.457. The van der Waals surface area contributed by atoms with E-state index in [9.17, 15) is 10.5 Å². The van der Waals surface area contributed by atoms with Crippen LogP contribution in [0.4, 0.5) is 17.1 Å². The van der Waals surface area contributed by atoms with Crippen molar-refractivity contribution in [2.75, 3.05) is 4.90 Å². The molecule has 0 saturated carbocycles. The van der Waals surface area contributed by atoms with E-state index in [4.69, 9.17) is 0 Å². The minimum atomic E-state index is 0.0940. The standard InChI is InChI=1S/C39H39N3/c1-38(2,3)30-10-15-32(16-11-30)42(33-17-12-31(13-18-33)39(4,5)6)34-14-9-25-19-29-21-28(35(25)22-34)20-26-7-8-27(23-40)36(24-41)37(26)29/h7-18,22,28-29H,19-21H2,1-6H3. The van der Waals surface area contributed by atoms with Gasteiger partial charge in [-0.1, -0.05) is 77.9 Å². The lowest BCUT2D eigenvalue weighted by atomic mass is 9.65. The highest BCUT2D eigenvalue weighted by Gasteiger charge is 2.36. The summed E-state index contributed by atoms with van der Waals surface area (Å²) < 4.78 is 0. The molecule has 2 bridgehead atoms. The number of anilines is 3. The third-order valence-corrected chi connectivity index (χ3v) is 9.29. The third-order valence-electron chi connectivity index (χ3n) is 9.29. The molecule has 2 aliphatic carbocycles. The number of nitrogens with zero attached hydrogens (tertiary/aromatic N) is 3. The van der Waals surface area contributed by atoms with Gasteiger partial charge in [-0.3, -0.25) is 0 Å². The summed E-state index contributed by atoms with van der Waals surface area (Å²) in [6.45, 7) is 13.5.